The van der Waals surface area contributed by atoms with Crippen LogP contribution in [-0.4, -0.2) is 34.9 Å². The third-order valence-electron chi connectivity index (χ3n) is 2.55. The second kappa shape index (κ2) is 7.04. The Hall–Kier alpha value is -2.41. The van der Waals surface area contributed by atoms with Crippen LogP contribution in [0.4, 0.5) is 5.82 Å². The molecule has 118 valence electrons. The van der Waals surface area contributed by atoms with Gasteiger partial charge in [-0.3, -0.25) is 4.79 Å². The minimum atomic E-state index is -0.316. The third-order valence-corrected chi connectivity index (χ3v) is 2.55. The number of rotatable bonds is 6. The molecule has 7 heteroatoms. The van der Waals surface area contributed by atoms with Crippen molar-refractivity contribution in [3.05, 3.63) is 36.2 Å². The second-order valence-corrected chi connectivity index (χ2v) is 5.53. The first kappa shape index (κ1) is 16.0. The van der Waals surface area contributed by atoms with E-state index in [1.807, 2.05) is 20.8 Å². The number of nitrogens with zero attached hydrogens (tertiary/aromatic N) is 2. The standard InChI is InChI=1S/C15H19N3O4/c1-15(2,3)21-9-8-20-13-5-4-11(10-16-13)14(19)17-12-6-7-22-18-12/h4-7,10H,8-9H2,1-3H3,(H,17,18,19). The van der Waals surface area contributed by atoms with Crippen molar-refractivity contribution in [1.82, 2.24) is 10.1 Å². The Labute approximate surface area is 128 Å². The molecule has 0 bridgehead atoms. The van der Waals surface area contributed by atoms with Gasteiger partial charge in [0, 0.05) is 18.3 Å². The molecule has 0 saturated heterocycles. The van der Waals surface area contributed by atoms with Crippen LogP contribution in [0.15, 0.2) is 35.2 Å². The van der Waals surface area contributed by atoms with Crippen LogP contribution < -0.4 is 10.1 Å². The minimum absolute atomic E-state index is 0.195. The number of hydrogen-bond acceptors (Lipinski definition) is 6. The monoisotopic (exact) mass is 305 g/mol. The van der Waals surface area contributed by atoms with E-state index < -0.39 is 0 Å². The van der Waals surface area contributed by atoms with E-state index in [1.54, 1.807) is 18.2 Å². The highest BCUT2D eigenvalue weighted by Gasteiger charge is 2.10. The van der Waals surface area contributed by atoms with E-state index in [2.05, 4.69) is 20.0 Å². The summed E-state index contributed by atoms with van der Waals surface area (Å²) in [5.41, 5.74) is 0.209. The number of nitrogens with one attached hydrogen (secondary N) is 1. The highest BCUT2D eigenvalue weighted by molar-refractivity contribution is 6.03. The predicted octanol–water partition coefficient (Wildman–Crippen LogP) is 2.52. The van der Waals surface area contributed by atoms with Crippen molar-refractivity contribution in [3.63, 3.8) is 0 Å². The lowest BCUT2D eigenvalue weighted by Crippen LogP contribution is -2.22. The molecule has 0 aliphatic heterocycles. The average Bonchev–Trinajstić information content (AvgIpc) is 2.96. The molecule has 0 saturated carbocycles. The van der Waals surface area contributed by atoms with Gasteiger partial charge in [0.15, 0.2) is 5.82 Å². The lowest BCUT2D eigenvalue weighted by molar-refractivity contribution is -0.0168. The highest BCUT2D eigenvalue weighted by Crippen LogP contribution is 2.11. The van der Waals surface area contributed by atoms with E-state index >= 15 is 0 Å². The van der Waals surface area contributed by atoms with Crippen LogP contribution >= 0.6 is 0 Å². The van der Waals surface area contributed by atoms with E-state index in [0.717, 1.165) is 0 Å². The number of anilines is 1. The molecule has 0 atom stereocenters. The van der Waals surface area contributed by atoms with Gasteiger partial charge in [-0.1, -0.05) is 5.16 Å². The van der Waals surface area contributed by atoms with E-state index in [0.29, 0.717) is 30.5 Å². The molecule has 7 nitrogen and oxygen atoms in total. The van der Waals surface area contributed by atoms with Crippen LogP contribution in [0.5, 0.6) is 5.88 Å². The number of amides is 1. The zero-order valence-electron chi connectivity index (χ0n) is 12.8. The highest BCUT2D eigenvalue weighted by atomic mass is 16.5. The first-order valence-electron chi connectivity index (χ1n) is 6.88. The maximum absolute atomic E-state index is 11.9. The van der Waals surface area contributed by atoms with Crippen molar-refractivity contribution in [1.29, 1.82) is 0 Å². The molecule has 1 amide bonds. The van der Waals surface area contributed by atoms with Gasteiger partial charge >= 0.3 is 0 Å². The third kappa shape index (κ3) is 5.17. The normalized spacial score (nSPS) is 11.2. The minimum Gasteiger partial charge on any atom is -0.475 e. The Morgan fingerprint density at radius 3 is 2.68 bits per heavy atom. The summed E-state index contributed by atoms with van der Waals surface area (Å²) in [6, 6.07) is 4.81. The quantitative estimate of drug-likeness (QED) is 0.825. The lowest BCUT2D eigenvalue weighted by Gasteiger charge is -2.19. The number of carbonyl (C=O) groups excluding carboxylic acids is 1. The molecule has 22 heavy (non-hydrogen) atoms. The molecular formula is C15H19N3O4. The van der Waals surface area contributed by atoms with E-state index in [4.69, 9.17) is 9.47 Å². The lowest BCUT2D eigenvalue weighted by atomic mass is 10.2. The number of hydrogen-bond donors (Lipinski definition) is 1. The van der Waals surface area contributed by atoms with Crippen molar-refractivity contribution < 1.29 is 18.8 Å². The van der Waals surface area contributed by atoms with Gasteiger partial charge in [-0.25, -0.2) is 4.98 Å². The van der Waals surface area contributed by atoms with Crippen LogP contribution in [0.3, 0.4) is 0 Å². The van der Waals surface area contributed by atoms with Crippen molar-refractivity contribution in [2.45, 2.75) is 26.4 Å². The van der Waals surface area contributed by atoms with Gasteiger partial charge in [0.2, 0.25) is 5.88 Å². The molecule has 0 unspecified atom stereocenters. The summed E-state index contributed by atoms with van der Waals surface area (Å²) in [7, 11) is 0. The van der Waals surface area contributed by atoms with E-state index in [-0.39, 0.29) is 11.5 Å². The molecule has 2 aromatic rings. The SMILES string of the molecule is CC(C)(C)OCCOc1ccc(C(=O)Nc2ccon2)cn1. The van der Waals surface area contributed by atoms with Crippen LogP contribution in [0.25, 0.3) is 0 Å². The summed E-state index contributed by atoms with van der Waals surface area (Å²) >= 11 is 0. The summed E-state index contributed by atoms with van der Waals surface area (Å²) in [5.74, 6) is 0.476. The fraction of sp³-hybridized carbons (Fsp3) is 0.400. The maximum Gasteiger partial charge on any atom is 0.258 e. The van der Waals surface area contributed by atoms with Crippen molar-refractivity contribution in [2.24, 2.45) is 0 Å². The van der Waals surface area contributed by atoms with E-state index in [9.17, 15) is 4.79 Å². The number of ether oxygens (including phenoxy) is 2. The van der Waals surface area contributed by atoms with Gasteiger partial charge < -0.3 is 19.3 Å². The summed E-state index contributed by atoms with van der Waals surface area (Å²) in [6.45, 7) is 6.81. The van der Waals surface area contributed by atoms with Gasteiger partial charge in [0.05, 0.1) is 17.8 Å². The van der Waals surface area contributed by atoms with Gasteiger partial charge in [-0.15, -0.1) is 0 Å². The van der Waals surface area contributed by atoms with Crippen molar-refractivity contribution in [2.75, 3.05) is 18.5 Å². The second-order valence-electron chi connectivity index (χ2n) is 5.53. The Morgan fingerprint density at radius 1 is 1.27 bits per heavy atom. The molecule has 0 spiro atoms. The van der Waals surface area contributed by atoms with Gasteiger partial charge in [-0.2, -0.15) is 0 Å². The fourth-order valence-corrected chi connectivity index (χ4v) is 1.56. The first-order valence-corrected chi connectivity index (χ1v) is 6.88. The Balaban J connectivity index is 1.81. The molecule has 1 N–H and O–H groups in total. The van der Waals surface area contributed by atoms with Crippen LogP contribution in [0.1, 0.15) is 31.1 Å². The van der Waals surface area contributed by atoms with Crippen molar-refractivity contribution in [3.8, 4) is 5.88 Å². The average molecular weight is 305 g/mol. The summed E-state index contributed by atoms with van der Waals surface area (Å²) in [5, 5.41) is 6.18. The molecule has 0 aliphatic carbocycles. The molecular weight excluding hydrogens is 286 g/mol. The van der Waals surface area contributed by atoms with Gasteiger partial charge in [-0.05, 0) is 26.8 Å². The molecule has 0 radical (unpaired) electrons. The Bertz CT molecular complexity index is 588. The number of aromatic nitrogens is 2. The predicted molar refractivity (Wildman–Crippen MR) is 79.9 cm³/mol. The molecule has 0 aromatic carbocycles. The Morgan fingerprint density at radius 2 is 2.09 bits per heavy atom. The summed E-state index contributed by atoms with van der Waals surface area (Å²) in [6.07, 6.45) is 2.82. The largest absolute Gasteiger partial charge is 0.475 e. The van der Waals surface area contributed by atoms with Crippen LogP contribution in [-0.2, 0) is 4.74 Å². The topological polar surface area (TPSA) is 86.5 Å². The number of pyridine rings is 1. The zero-order chi connectivity index (χ0) is 16.0. The van der Waals surface area contributed by atoms with Crippen LogP contribution in [0.2, 0.25) is 0 Å². The van der Waals surface area contributed by atoms with E-state index in [1.165, 1.54) is 12.5 Å². The molecule has 2 heterocycles. The molecule has 2 aromatic heterocycles. The molecule has 2 rings (SSSR count). The smallest absolute Gasteiger partial charge is 0.258 e. The first-order chi connectivity index (χ1) is 10.4. The molecule has 0 fully saturated rings. The van der Waals surface area contributed by atoms with Gasteiger partial charge in [0.1, 0.15) is 12.9 Å². The fourth-order valence-electron chi connectivity index (χ4n) is 1.56. The zero-order valence-corrected chi connectivity index (χ0v) is 12.8. The Kier molecular flexibility index (Phi) is 5.11. The maximum atomic E-state index is 11.9. The molecule has 0 aliphatic rings. The van der Waals surface area contributed by atoms with Crippen molar-refractivity contribution >= 4 is 11.7 Å². The number of carbonyl (C=O) groups is 1. The van der Waals surface area contributed by atoms with Crippen LogP contribution in [0, 0.1) is 0 Å². The summed E-state index contributed by atoms with van der Waals surface area (Å²) < 4.78 is 15.6. The van der Waals surface area contributed by atoms with Gasteiger partial charge in [0.25, 0.3) is 5.91 Å². The summed E-state index contributed by atoms with van der Waals surface area (Å²) in [4.78, 5) is 16.0.